The second kappa shape index (κ2) is 8.41. The molecule has 0 bridgehead atoms. The van der Waals surface area contributed by atoms with Crippen LogP contribution in [0.4, 0.5) is 0 Å². The lowest BCUT2D eigenvalue weighted by molar-refractivity contribution is 0.877. The zero-order valence-corrected chi connectivity index (χ0v) is 15.1. The summed E-state index contributed by atoms with van der Waals surface area (Å²) in [6.45, 7) is 5.87. The Morgan fingerprint density at radius 3 is 2.60 bits per heavy atom. The topological polar surface area (TPSA) is 12.4 Å². The highest BCUT2D eigenvalue weighted by atomic mass is 32.1. The number of allylic oxidation sites excluding steroid dienone is 3. The molecule has 3 rings (SSSR count). The molecule has 2 aromatic carbocycles. The van der Waals surface area contributed by atoms with Gasteiger partial charge in [-0.2, -0.15) is 0 Å². The van der Waals surface area contributed by atoms with E-state index in [1.54, 1.807) is 11.3 Å². The number of nitrogens with zero attached hydrogens (tertiary/aromatic N) is 1. The van der Waals surface area contributed by atoms with Crippen LogP contribution in [0.25, 0.3) is 10.1 Å². The van der Waals surface area contributed by atoms with Crippen molar-refractivity contribution in [2.24, 2.45) is 4.99 Å². The van der Waals surface area contributed by atoms with Gasteiger partial charge < -0.3 is 0 Å². The maximum Gasteiger partial charge on any atom is 0.0999 e. The van der Waals surface area contributed by atoms with Crippen LogP contribution in [-0.4, -0.2) is 6.21 Å². The van der Waals surface area contributed by atoms with Gasteiger partial charge in [-0.25, -0.2) is 0 Å². The van der Waals surface area contributed by atoms with Crippen molar-refractivity contribution in [3.63, 3.8) is 0 Å². The Kier molecular flexibility index (Phi) is 5.76. The molecule has 1 atom stereocenters. The molecule has 1 unspecified atom stereocenters. The predicted molar refractivity (Wildman–Crippen MR) is 112 cm³/mol. The van der Waals surface area contributed by atoms with E-state index in [1.807, 2.05) is 37.4 Å². The number of aliphatic imine (C=N–C) groups is 1. The maximum atomic E-state index is 4.94. The standard InChI is InChI=1S/C23H21NS/c1-3-10-18(11-4-2)23(19-12-6-5-7-13-19)24-16-20-17-25-22-15-9-8-14-21(20)22/h3-17,23H,1H2,2H3/b11-4-,18-10+,24-16+. The Balaban J connectivity index is 2.02. The summed E-state index contributed by atoms with van der Waals surface area (Å²) >= 11 is 1.75. The fourth-order valence-electron chi connectivity index (χ4n) is 2.82. The van der Waals surface area contributed by atoms with Gasteiger partial charge in [-0.1, -0.05) is 79.4 Å². The molecule has 0 N–H and O–H groups in total. The van der Waals surface area contributed by atoms with Crippen LogP contribution >= 0.6 is 11.3 Å². The second-order valence-electron chi connectivity index (χ2n) is 5.68. The second-order valence-corrected chi connectivity index (χ2v) is 6.59. The molecule has 0 spiro atoms. The lowest BCUT2D eigenvalue weighted by atomic mass is 9.98. The first-order valence-corrected chi connectivity index (χ1v) is 9.21. The van der Waals surface area contributed by atoms with E-state index in [9.17, 15) is 0 Å². The minimum absolute atomic E-state index is 0.0472. The molecule has 124 valence electrons. The van der Waals surface area contributed by atoms with Crippen molar-refractivity contribution >= 4 is 27.6 Å². The number of hydrogen-bond donors (Lipinski definition) is 0. The number of benzene rings is 2. The first-order chi connectivity index (χ1) is 12.3. The lowest BCUT2D eigenvalue weighted by Gasteiger charge is -2.14. The van der Waals surface area contributed by atoms with Crippen LogP contribution in [-0.2, 0) is 0 Å². The summed E-state index contributed by atoms with van der Waals surface area (Å²) in [4.78, 5) is 4.94. The summed E-state index contributed by atoms with van der Waals surface area (Å²) in [5.74, 6) is 0. The zero-order chi connectivity index (χ0) is 17.5. The fraction of sp³-hybridized carbons (Fsp3) is 0.0870. The van der Waals surface area contributed by atoms with E-state index >= 15 is 0 Å². The molecule has 0 aliphatic rings. The van der Waals surface area contributed by atoms with Gasteiger partial charge in [-0.3, -0.25) is 4.99 Å². The van der Waals surface area contributed by atoms with Crippen molar-refractivity contribution in [2.75, 3.05) is 0 Å². The average Bonchev–Trinajstić information content (AvgIpc) is 3.06. The molecular weight excluding hydrogens is 322 g/mol. The summed E-state index contributed by atoms with van der Waals surface area (Å²) in [5.41, 5.74) is 3.46. The minimum Gasteiger partial charge on any atom is -0.280 e. The minimum atomic E-state index is -0.0472. The third-order valence-corrected chi connectivity index (χ3v) is 4.96. The molecule has 1 aromatic heterocycles. The summed E-state index contributed by atoms with van der Waals surface area (Å²) in [5, 5.41) is 3.42. The van der Waals surface area contributed by atoms with E-state index < -0.39 is 0 Å². The number of rotatable bonds is 6. The lowest BCUT2D eigenvalue weighted by Crippen LogP contribution is -1.99. The van der Waals surface area contributed by atoms with Gasteiger partial charge in [0.1, 0.15) is 0 Å². The highest BCUT2D eigenvalue weighted by molar-refractivity contribution is 7.17. The first-order valence-electron chi connectivity index (χ1n) is 8.33. The van der Waals surface area contributed by atoms with Gasteiger partial charge in [0.05, 0.1) is 6.04 Å². The quantitative estimate of drug-likeness (QED) is 0.347. The maximum absolute atomic E-state index is 4.94. The molecule has 3 aromatic rings. The normalized spacial score (nSPS) is 13.7. The number of hydrogen-bond acceptors (Lipinski definition) is 2. The molecule has 0 aliphatic heterocycles. The Morgan fingerprint density at radius 1 is 1.08 bits per heavy atom. The molecule has 1 heterocycles. The third kappa shape index (κ3) is 4.04. The van der Waals surface area contributed by atoms with Crippen LogP contribution in [0.3, 0.4) is 0 Å². The van der Waals surface area contributed by atoms with Gasteiger partial charge >= 0.3 is 0 Å². The van der Waals surface area contributed by atoms with Gasteiger partial charge in [0.2, 0.25) is 0 Å². The molecule has 0 amide bonds. The Labute approximate surface area is 153 Å². The van der Waals surface area contributed by atoms with E-state index in [-0.39, 0.29) is 6.04 Å². The predicted octanol–water partition coefficient (Wildman–Crippen LogP) is 6.75. The molecule has 0 aliphatic carbocycles. The first kappa shape index (κ1) is 17.1. The Hall–Kier alpha value is -2.71. The molecule has 0 fully saturated rings. The van der Waals surface area contributed by atoms with Gasteiger partial charge in [0, 0.05) is 27.2 Å². The molecular formula is C23H21NS. The Morgan fingerprint density at radius 2 is 1.84 bits per heavy atom. The highest BCUT2D eigenvalue weighted by Gasteiger charge is 2.12. The molecule has 25 heavy (non-hydrogen) atoms. The number of fused-ring (bicyclic) bond motifs is 1. The molecule has 0 saturated heterocycles. The van der Waals surface area contributed by atoms with Crippen molar-refractivity contribution in [1.29, 1.82) is 0 Å². The van der Waals surface area contributed by atoms with E-state index in [4.69, 9.17) is 4.99 Å². The number of thiophene rings is 1. The van der Waals surface area contributed by atoms with Crippen LogP contribution in [0.15, 0.2) is 101 Å². The van der Waals surface area contributed by atoms with E-state index in [0.29, 0.717) is 0 Å². The largest absolute Gasteiger partial charge is 0.280 e. The highest BCUT2D eigenvalue weighted by Crippen LogP contribution is 2.29. The van der Waals surface area contributed by atoms with Crippen molar-refractivity contribution in [3.05, 3.63) is 108 Å². The van der Waals surface area contributed by atoms with Crippen LogP contribution in [0, 0.1) is 0 Å². The third-order valence-electron chi connectivity index (χ3n) is 3.97. The molecule has 2 heteroatoms. The van der Waals surface area contributed by atoms with Crippen molar-refractivity contribution in [2.45, 2.75) is 13.0 Å². The summed E-state index contributed by atoms with van der Waals surface area (Å²) in [6.07, 6.45) is 9.99. The van der Waals surface area contributed by atoms with Crippen molar-refractivity contribution in [1.82, 2.24) is 0 Å². The Bertz CT molecular complexity index is 929. The summed E-state index contributed by atoms with van der Waals surface area (Å²) in [7, 11) is 0. The van der Waals surface area contributed by atoms with Crippen LogP contribution in [0.5, 0.6) is 0 Å². The molecule has 0 saturated carbocycles. The van der Waals surface area contributed by atoms with Crippen molar-refractivity contribution in [3.8, 4) is 0 Å². The zero-order valence-electron chi connectivity index (χ0n) is 14.3. The van der Waals surface area contributed by atoms with E-state index in [2.05, 4.69) is 66.6 Å². The fourth-order valence-corrected chi connectivity index (χ4v) is 3.73. The van der Waals surface area contributed by atoms with Crippen LogP contribution in [0.2, 0.25) is 0 Å². The van der Waals surface area contributed by atoms with Crippen LogP contribution in [0.1, 0.15) is 24.1 Å². The van der Waals surface area contributed by atoms with E-state index in [1.165, 1.54) is 21.2 Å². The van der Waals surface area contributed by atoms with Crippen LogP contribution < -0.4 is 0 Å². The van der Waals surface area contributed by atoms with Gasteiger partial charge in [0.25, 0.3) is 0 Å². The smallest absolute Gasteiger partial charge is 0.0999 e. The monoisotopic (exact) mass is 343 g/mol. The summed E-state index contributed by atoms with van der Waals surface area (Å²) in [6, 6.07) is 18.8. The van der Waals surface area contributed by atoms with Gasteiger partial charge in [0.15, 0.2) is 0 Å². The van der Waals surface area contributed by atoms with Gasteiger partial charge in [-0.05, 0) is 24.1 Å². The van der Waals surface area contributed by atoms with E-state index in [0.717, 1.165) is 5.57 Å². The average molecular weight is 343 g/mol. The van der Waals surface area contributed by atoms with Crippen molar-refractivity contribution < 1.29 is 0 Å². The van der Waals surface area contributed by atoms with Gasteiger partial charge in [-0.15, -0.1) is 11.3 Å². The SMILES string of the molecule is C=C/C=C(\C=C/C)C(/N=C/c1csc2ccccc12)c1ccccc1. The summed E-state index contributed by atoms with van der Waals surface area (Å²) < 4.78 is 1.29. The molecule has 1 nitrogen and oxygen atoms in total. The molecule has 0 radical (unpaired) electrons.